The molecule has 2 heterocycles. The average molecular weight is 332 g/mol. The second-order valence-electron chi connectivity index (χ2n) is 6.27. The molecule has 0 bridgehead atoms. The Morgan fingerprint density at radius 3 is 2.83 bits per heavy atom. The molecule has 1 saturated heterocycles. The molecule has 3 rings (SSSR count). The number of nitrogens with zero attached hydrogens (tertiary/aromatic N) is 2. The van der Waals surface area contributed by atoms with Crippen LogP contribution in [-0.4, -0.2) is 35.5 Å². The van der Waals surface area contributed by atoms with Crippen LogP contribution in [0.25, 0.3) is 0 Å². The predicted octanol–water partition coefficient (Wildman–Crippen LogP) is 2.96. The van der Waals surface area contributed by atoms with Crippen LogP contribution in [0.3, 0.4) is 0 Å². The van der Waals surface area contributed by atoms with Crippen molar-refractivity contribution in [2.75, 3.05) is 19.7 Å². The van der Waals surface area contributed by atoms with E-state index in [0.29, 0.717) is 37.8 Å². The SMILES string of the molecule is CC(C)C(=O)N1CCO[C@@H](c2ncc(Cc3ccc(F)cc3)o2)C1. The van der Waals surface area contributed by atoms with E-state index in [-0.39, 0.29) is 23.7 Å². The molecule has 0 N–H and O–H groups in total. The average Bonchev–Trinajstić information content (AvgIpc) is 3.05. The molecule has 0 aliphatic carbocycles. The number of aromatic nitrogens is 1. The molecular formula is C18H21FN2O3. The summed E-state index contributed by atoms with van der Waals surface area (Å²) in [5.41, 5.74) is 0.945. The fourth-order valence-electron chi connectivity index (χ4n) is 2.72. The Morgan fingerprint density at radius 1 is 1.38 bits per heavy atom. The largest absolute Gasteiger partial charge is 0.442 e. The van der Waals surface area contributed by atoms with Crippen molar-refractivity contribution in [3.8, 4) is 0 Å². The number of halogens is 1. The van der Waals surface area contributed by atoms with Crippen molar-refractivity contribution < 1.29 is 18.3 Å². The van der Waals surface area contributed by atoms with Crippen LogP contribution in [-0.2, 0) is 16.0 Å². The summed E-state index contributed by atoms with van der Waals surface area (Å²) in [5.74, 6) is 0.979. The molecule has 5 nitrogen and oxygen atoms in total. The summed E-state index contributed by atoms with van der Waals surface area (Å²) in [7, 11) is 0. The number of hydrogen-bond donors (Lipinski definition) is 0. The zero-order valence-corrected chi connectivity index (χ0v) is 13.9. The number of oxazole rings is 1. The minimum atomic E-state index is -0.344. The molecule has 0 radical (unpaired) electrons. The van der Waals surface area contributed by atoms with Gasteiger partial charge in [0.15, 0.2) is 6.10 Å². The van der Waals surface area contributed by atoms with Gasteiger partial charge >= 0.3 is 0 Å². The number of carbonyl (C=O) groups is 1. The van der Waals surface area contributed by atoms with Crippen LogP contribution < -0.4 is 0 Å². The van der Waals surface area contributed by atoms with E-state index in [1.807, 2.05) is 13.8 Å². The summed E-state index contributed by atoms with van der Waals surface area (Å²) < 4.78 is 24.4. The lowest BCUT2D eigenvalue weighted by Crippen LogP contribution is -2.44. The molecule has 1 amide bonds. The molecule has 24 heavy (non-hydrogen) atoms. The monoisotopic (exact) mass is 332 g/mol. The lowest BCUT2D eigenvalue weighted by Gasteiger charge is -2.32. The van der Waals surface area contributed by atoms with Crippen molar-refractivity contribution in [1.82, 2.24) is 9.88 Å². The minimum absolute atomic E-state index is 0.0395. The second kappa shape index (κ2) is 7.13. The number of morpholine rings is 1. The van der Waals surface area contributed by atoms with Crippen LogP contribution in [0.1, 0.15) is 37.2 Å². The van der Waals surface area contributed by atoms with E-state index < -0.39 is 0 Å². The van der Waals surface area contributed by atoms with E-state index in [1.54, 1.807) is 23.2 Å². The third-order valence-corrected chi connectivity index (χ3v) is 4.01. The highest BCUT2D eigenvalue weighted by Gasteiger charge is 2.29. The van der Waals surface area contributed by atoms with Crippen molar-refractivity contribution in [2.45, 2.75) is 26.4 Å². The summed E-state index contributed by atoms with van der Waals surface area (Å²) >= 11 is 0. The third-order valence-electron chi connectivity index (χ3n) is 4.01. The van der Waals surface area contributed by atoms with Gasteiger partial charge in [0.1, 0.15) is 11.6 Å². The summed E-state index contributed by atoms with van der Waals surface area (Å²) in [6, 6.07) is 6.29. The number of rotatable bonds is 4. The highest BCUT2D eigenvalue weighted by Crippen LogP contribution is 2.24. The maximum atomic E-state index is 12.9. The lowest BCUT2D eigenvalue weighted by atomic mass is 10.1. The molecular weight excluding hydrogens is 311 g/mol. The minimum Gasteiger partial charge on any atom is -0.442 e. The number of hydrogen-bond acceptors (Lipinski definition) is 4. The van der Waals surface area contributed by atoms with Crippen molar-refractivity contribution >= 4 is 5.91 Å². The Bertz CT molecular complexity index is 697. The third kappa shape index (κ3) is 3.82. The first-order valence-electron chi connectivity index (χ1n) is 8.12. The fraction of sp³-hybridized carbons (Fsp3) is 0.444. The van der Waals surface area contributed by atoms with Crippen LogP contribution >= 0.6 is 0 Å². The Labute approximate surface area is 140 Å². The van der Waals surface area contributed by atoms with E-state index >= 15 is 0 Å². The van der Waals surface area contributed by atoms with Gasteiger partial charge in [-0.1, -0.05) is 26.0 Å². The lowest BCUT2D eigenvalue weighted by molar-refractivity contribution is -0.143. The van der Waals surface area contributed by atoms with Crippen LogP contribution in [0.15, 0.2) is 34.9 Å². The zero-order valence-electron chi connectivity index (χ0n) is 13.9. The molecule has 0 spiro atoms. The van der Waals surface area contributed by atoms with Crippen molar-refractivity contribution in [3.63, 3.8) is 0 Å². The van der Waals surface area contributed by atoms with Crippen molar-refractivity contribution in [2.24, 2.45) is 5.92 Å². The number of carbonyl (C=O) groups excluding carboxylic acids is 1. The Kier molecular flexibility index (Phi) is 4.94. The van der Waals surface area contributed by atoms with E-state index in [2.05, 4.69) is 4.98 Å². The van der Waals surface area contributed by atoms with Gasteiger partial charge in [-0.25, -0.2) is 9.37 Å². The van der Waals surface area contributed by atoms with Gasteiger partial charge < -0.3 is 14.1 Å². The molecule has 1 aromatic heterocycles. The summed E-state index contributed by atoms with van der Waals surface area (Å²) in [4.78, 5) is 18.2. The molecule has 0 unspecified atom stereocenters. The number of benzene rings is 1. The first kappa shape index (κ1) is 16.6. The van der Waals surface area contributed by atoms with Crippen LogP contribution in [0, 0.1) is 11.7 Å². The first-order valence-corrected chi connectivity index (χ1v) is 8.12. The van der Waals surface area contributed by atoms with Gasteiger partial charge in [-0.15, -0.1) is 0 Å². The van der Waals surface area contributed by atoms with Crippen molar-refractivity contribution in [1.29, 1.82) is 0 Å². The van der Waals surface area contributed by atoms with E-state index in [1.165, 1.54) is 12.1 Å². The van der Waals surface area contributed by atoms with E-state index in [4.69, 9.17) is 9.15 Å². The molecule has 0 saturated carbocycles. The van der Waals surface area contributed by atoms with E-state index in [9.17, 15) is 9.18 Å². The highest BCUT2D eigenvalue weighted by molar-refractivity contribution is 5.78. The highest BCUT2D eigenvalue weighted by atomic mass is 19.1. The van der Waals surface area contributed by atoms with Crippen LogP contribution in [0.4, 0.5) is 4.39 Å². The van der Waals surface area contributed by atoms with Crippen LogP contribution in [0.2, 0.25) is 0 Å². The molecule has 1 aliphatic rings. The van der Waals surface area contributed by atoms with Gasteiger partial charge in [0, 0.05) is 18.9 Å². The van der Waals surface area contributed by atoms with Gasteiger partial charge in [-0.2, -0.15) is 0 Å². The standard InChI is InChI=1S/C18H21FN2O3/c1-12(2)18(22)21-7-8-23-16(11-21)17-20-10-15(24-17)9-13-3-5-14(19)6-4-13/h3-6,10,12,16H,7-9,11H2,1-2H3/t16-/m1/s1. The smallest absolute Gasteiger partial charge is 0.225 e. The predicted molar refractivity (Wildman–Crippen MR) is 85.8 cm³/mol. The maximum Gasteiger partial charge on any atom is 0.225 e. The molecule has 1 atom stereocenters. The quantitative estimate of drug-likeness (QED) is 0.864. The molecule has 1 aromatic carbocycles. The Hall–Kier alpha value is -2.21. The Morgan fingerprint density at radius 2 is 2.12 bits per heavy atom. The van der Waals surface area contributed by atoms with Gasteiger partial charge in [-0.3, -0.25) is 4.79 Å². The summed E-state index contributed by atoms with van der Waals surface area (Å²) in [6.45, 7) is 5.29. The molecule has 1 fully saturated rings. The second-order valence-corrected chi connectivity index (χ2v) is 6.27. The maximum absolute atomic E-state index is 12.9. The van der Waals surface area contributed by atoms with Crippen LogP contribution in [0.5, 0.6) is 0 Å². The molecule has 2 aromatic rings. The van der Waals surface area contributed by atoms with Gasteiger partial charge in [0.25, 0.3) is 0 Å². The van der Waals surface area contributed by atoms with Gasteiger partial charge in [-0.05, 0) is 17.7 Å². The first-order chi connectivity index (χ1) is 11.5. The normalized spacial score (nSPS) is 18.2. The van der Waals surface area contributed by atoms with Gasteiger partial charge in [0.05, 0.1) is 19.3 Å². The molecule has 1 aliphatic heterocycles. The van der Waals surface area contributed by atoms with E-state index in [0.717, 1.165) is 5.56 Å². The zero-order chi connectivity index (χ0) is 17.1. The van der Waals surface area contributed by atoms with Gasteiger partial charge in [0.2, 0.25) is 11.8 Å². The summed E-state index contributed by atoms with van der Waals surface area (Å²) in [6.07, 6.45) is 1.85. The van der Waals surface area contributed by atoms with Crippen molar-refractivity contribution in [3.05, 3.63) is 53.5 Å². The topological polar surface area (TPSA) is 55.6 Å². The Balaban J connectivity index is 1.66. The fourth-order valence-corrected chi connectivity index (χ4v) is 2.72. The number of ether oxygens (including phenoxy) is 1. The molecule has 6 heteroatoms. The molecule has 128 valence electrons. The summed E-state index contributed by atoms with van der Waals surface area (Å²) in [5, 5.41) is 0. The number of amides is 1.